The summed E-state index contributed by atoms with van der Waals surface area (Å²) in [7, 11) is 0. The fourth-order valence-electron chi connectivity index (χ4n) is 2.32. The van der Waals surface area contributed by atoms with Crippen LogP contribution in [0.5, 0.6) is 0 Å². The zero-order chi connectivity index (χ0) is 13.5. The first kappa shape index (κ1) is 12.5. The number of aromatic nitrogens is 2. The second kappa shape index (κ2) is 4.54. The quantitative estimate of drug-likeness (QED) is 0.805. The van der Waals surface area contributed by atoms with E-state index in [0.29, 0.717) is 11.2 Å². The van der Waals surface area contributed by atoms with Gasteiger partial charge >= 0.3 is 0 Å². The number of benzene rings is 1. The topological polar surface area (TPSA) is 37.9 Å². The van der Waals surface area contributed by atoms with Gasteiger partial charge in [-0.1, -0.05) is 42.5 Å². The lowest BCUT2D eigenvalue weighted by Crippen LogP contribution is -2.33. The molecule has 0 saturated heterocycles. The minimum absolute atomic E-state index is 0.152. The van der Waals surface area contributed by atoms with E-state index in [1.54, 1.807) is 0 Å². The third kappa shape index (κ3) is 2.46. The molecule has 1 N–H and O–H groups in total. The van der Waals surface area contributed by atoms with E-state index in [2.05, 4.69) is 23.8 Å². The fourth-order valence-corrected chi connectivity index (χ4v) is 2.59. The average Bonchev–Trinajstić information content (AvgIpc) is 2.38. The van der Waals surface area contributed by atoms with Gasteiger partial charge in [-0.05, 0) is 13.8 Å². The number of hydrogen-bond donors (Lipinski definition) is 1. The molecule has 3 rings (SSSR count). The van der Waals surface area contributed by atoms with Crippen molar-refractivity contribution in [1.82, 2.24) is 9.97 Å². The van der Waals surface area contributed by atoms with Gasteiger partial charge in [0.25, 0.3) is 0 Å². The van der Waals surface area contributed by atoms with Gasteiger partial charge in [-0.3, -0.25) is 0 Å². The van der Waals surface area contributed by atoms with E-state index in [1.165, 1.54) is 0 Å². The molecule has 1 aliphatic heterocycles. The summed E-state index contributed by atoms with van der Waals surface area (Å²) in [5.41, 5.74) is 3.07. The Morgan fingerprint density at radius 2 is 2.00 bits per heavy atom. The summed E-state index contributed by atoms with van der Waals surface area (Å²) in [6.07, 6.45) is 0.828. The Labute approximate surface area is 117 Å². The average molecular weight is 272 g/mol. The Hall–Kier alpha value is -1.52. The second-order valence-corrected chi connectivity index (χ2v) is 5.83. The predicted octanol–water partition coefficient (Wildman–Crippen LogP) is 3.66. The molecular weight excluding hydrogens is 256 g/mol. The first-order valence-corrected chi connectivity index (χ1v) is 6.77. The number of hydrogen-bond acceptors (Lipinski definition) is 3. The Bertz CT molecular complexity index is 662. The molecule has 0 unspecified atom stereocenters. The summed E-state index contributed by atoms with van der Waals surface area (Å²) in [5, 5.41) is 0. The van der Waals surface area contributed by atoms with Crippen molar-refractivity contribution in [3.05, 3.63) is 46.2 Å². The third-order valence-corrected chi connectivity index (χ3v) is 3.70. The molecule has 2 aromatic rings. The van der Waals surface area contributed by atoms with Crippen LogP contribution in [-0.2, 0) is 17.8 Å². The van der Waals surface area contributed by atoms with E-state index in [0.717, 1.165) is 29.1 Å². The predicted molar refractivity (Wildman–Crippen MR) is 77.4 cm³/mol. The Morgan fingerprint density at radius 3 is 2.74 bits per heavy atom. The van der Waals surface area contributed by atoms with Crippen molar-refractivity contribution in [3.8, 4) is 11.4 Å². The SMILES string of the molecule is CC1(C)Cc2[nH]c(-c3ccccc3)nc(=S)c2CO1. The Morgan fingerprint density at radius 1 is 1.26 bits per heavy atom. The molecule has 0 bridgehead atoms. The summed E-state index contributed by atoms with van der Waals surface area (Å²) in [5.74, 6) is 0.835. The van der Waals surface area contributed by atoms with E-state index in [4.69, 9.17) is 17.0 Å². The summed E-state index contributed by atoms with van der Waals surface area (Å²) in [6, 6.07) is 10.1. The van der Waals surface area contributed by atoms with Crippen LogP contribution < -0.4 is 0 Å². The van der Waals surface area contributed by atoms with Crippen LogP contribution in [0.4, 0.5) is 0 Å². The lowest BCUT2D eigenvalue weighted by molar-refractivity contribution is -0.0416. The second-order valence-electron chi connectivity index (χ2n) is 5.44. The highest BCUT2D eigenvalue weighted by molar-refractivity contribution is 7.71. The lowest BCUT2D eigenvalue weighted by atomic mass is 9.96. The van der Waals surface area contributed by atoms with Crippen molar-refractivity contribution >= 4 is 12.2 Å². The van der Waals surface area contributed by atoms with Crippen LogP contribution >= 0.6 is 12.2 Å². The van der Waals surface area contributed by atoms with E-state index >= 15 is 0 Å². The maximum Gasteiger partial charge on any atom is 0.139 e. The summed E-state index contributed by atoms with van der Waals surface area (Å²) < 4.78 is 6.43. The first-order chi connectivity index (χ1) is 9.05. The van der Waals surface area contributed by atoms with Crippen molar-refractivity contribution in [2.24, 2.45) is 0 Å². The van der Waals surface area contributed by atoms with Gasteiger partial charge < -0.3 is 9.72 Å². The highest BCUT2D eigenvalue weighted by Crippen LogP contribution is 2.28. The van der Waals surface area contributed by atoms with E-state index < -0.39 is 0 Å². The third-order valence-electron chi connectivity index (χ3n) is 3.36. The molecule has 98 valence electrons. The van der Waals surface area contributed by atoms with Crippen LogP contribution in [0.2, 0.25) is 0 Å². The Balaban J connectivity index is 2.11. The molecule has 1 aromatic heterocycles. The first-order valence-electron chi connectivity index (χ1n) is 6.37. The summed E-state index contributed by atoms with van der Waals surface area (Å²) in [6.45, 7) is 4.73. The van der Waals surface area contributed by atoms with Gasteiger partial charge in [0.15, 0.2) is 0 Å². The van der Waals surface area contributed by atoms with Gasteiger partial charge in [-0.15, -0.1) is 0 Å². The van der Waals surface area contributed by atoms with Gasteiger partial charge in [-0.25, -0.2) is 4.98 Å². The molecule has 0 amide bonds. The highest BCUT2D eigenvalue weighted by Gasteiger charge is 2.27. The lowest BCUT2D eigenvalue weighted by Gasteiger charge is -2.31. The van der Waals surface area contributed by atoms with E-state index in [9.17, 15) is 0 Å². The largest absolute Gasteiger partial charge is 0.370 e. The van der Waals surface area contributed by atoms with Crippen LogP contribution in [0.25, 0.3) is 11.4 Å². The summed E-state index contributed by atoms with van der Waals surface area (Å²) in [4.78, 5) is 7.90. The minimum atomic E-state index is -0.152. The van der Waals surface area contributed by atoms with Gasteiger partial charge in [0.05, 0.1) is 12.2 Å². The van der Waals surface area contributed by atoms with Crippen LogP contribution in [0, 0.1) is 4.64 Å². The molecule has 1 aromatic carbocycles. The number of aromatic amines is 1. The van der Waals surface area contributed by atoms with Crippen molar-refractivity contribution in [1.29, 1.82) is 0 Å². The van der Waals surface area contributed by atoms with Crippen LogP contribution in [-0.4, -0.2) is 15.6 Å². The van der Waals surface area contributed by atoms with Crippen molar-refractivity contribution in [2.75, 3.05) is 0 Å². The number of fused-ring (bicyclic) bond motifs is 1. The van der Waals surface area contributed by atoms with Crippen LogP contribution in [0.3, 0.4) is 0 Å². The van der Waals surface area contributed by atoms with Gasteiger partial charge in [0.1, 0.15) is 10.5 Å². The number of nitrogens with one attached hydrogen (secondary N) is 1. The standard InChI is InChI=1S/C15H16N2OS/c1-15(2)8-12-11(9-18-15)14(19)17-13(16-12)10-6-4-3-5-7-10/h3-7H,8-9H2,1-2H3,(H,16,17,19). The van der Waals surface area contributed by atoms with Crippen molar-refractivity contribution in [3.63, 3.8) is 0 Å². The molecule has 1 aliphatic rings. The molecule has 0 atom stereocenters. The molecule has 2 heterocycles. The molecule has 0 saturated carbocycles. The molecule has 0 aliphatic carbocycles. The molecule has 0 spiro atoms. The smallest absolute Gasteiger partial charge is 0.139 e. The van der Waals surface area contributed by atoms with Gasteiger partial charge in [-0.2, -0.15) is 0 Å². The van der Waals surface area contributed by atoms with Crippen LogP contribution in [0.15, 0.2) is 30.3 Å². The minimum Gasteiger partial charge on any atom is -0.370 e. The van der Waals surface area contributed by atoms with Crippen molar-refractivity contribution < 1.29 is 4.74 Å². The maximum atomic E-state index is 5.79. The normalized spacial score (nSPS) is 16.9. The monoisotopic (exact) mass is 272 g/mol. The van der Waals surface area contributed by atoms with E-state index in [-0.39, 0.29) is 5.60 Å². The number of rotatable bonds is 1. The number of ether oxygens (including phenoxy) is 1. The van der Waals surface area contributed by atoms with Crippen molar-refractivity contribution in [2.45, 2.75) is 32.5 Å². The molecule has 3 nitrogen and oxygen atoms in total. The fraction of sp³-hybridized carbons (Fsp3) is 0.333. The number of nitrogens with zero attached hydrogens (tertiary/aromatic N) is 1. The summed E-state index contributed by atoms with van der Waals surface area (Å²) >= 11 is 5.39. The van der Waals surface area contributed by atoms with E-state index in [1.807, 2.05) is 30.3 Å². The maximum absolute atomic E-state index is 5.79. The van der Waals surface area contributed by atoms with Gasteiger partial charge in [0.2, 0.25) is 0 Å². The highest BCUT2D eigenvalue weighted by atomic mass is 32.1. The Kier molecular flexibility index (Phi) is 2.99. The molecular formula is C15H16N2OS. The zero-order valence-corrected chi connectivity index (χ0v) is 11.9. The molecule has 0 radical (unpaired) electrons. The molecule has 0 fully saturated rings. The number of H-pyrrole nitrogens is 1. The zero-order valence-electron chi connectivity index (χ0n) is 11.1. The molecule has 19 heavy (non-hydrogen) atoms. The van der Waals surface area contributed by atoms with Crippen LogP contribution in [0.1, 0.15) is 25.1 Å². The molecule has 4 heteroatoms. The van der Waals surface area contributed by atoms with Gasteiger partial charge in [0, 0.05) is 23.2 Å².